The molecule has 0 aliphatic heterocycles. The van der Waals surface area contributed by atoms with Crippen LogP contribution in [0.4, 0.5) is 13.2 Å². The van der Waals surface area contributed by atoms with E-state index in [0.717, 1.165) is 36.8 Å². The van der Waals surface area contributed by atoms with Crippen LogP contribution >= 0.6 is 0 Å². The van der Waals surface area contributed by atoms with Gasteiger partial charge in [0.25, 0.3) is 0 Å². The summed E-state index contributed by atoms with van der Waals surface area (Å²) >= 11 is 0. The molecule has 0 aromatic heterocycles. The van der Waals surface area contributed by atoms with Crippen LogP contribution in [0.3, 0.4) is 0 Å². The van der Waals surface area contributed by atoms with Gasteiger partial charge in [-0.25, -0.2) is 8.78 Å². The van der Waals surface area contributed by atoms with Crippen molar-refractivity contribution in [3.8, 4) is 5.75 Å². The van der Waals surface area contributed by atoms with E-state index in [4.69, 9.17) is 9.47 Å². The largest absolute Gasteiger partial charge is 0.494 e. The van der Waals surface area contributed by atoms with Gasteiger partial charge in [-0.1, -0.05) is 24.3 Å². The van der Waals surface area contributed by atoms with Crippen LogP contribution < -0.4 is 4.74 Å². The Morgan fingerprint density at radius 2 is 1.76 bits per heavy atom. The molecule has 5 heteroatoms. The summed E-state index contributed by atoms with van der Waals surface area (Å²) in [5, 5.41) is 0. The van der Waals surface area contributed by atoms with E-state index in [-0.39, 0.29) is 29.0 Å². The second-order valence-electron chi connectivity index (χ2n) is 7.45. The predicted octanol–water partition coefficient (Wildman–Crippen LogP) is 6.64. The van der Waals surface area contributed by atoms with Gasteiger partial charge in [0.05, 0.1) is 13.7 Å². The van der Waals surface area contributed by atoms with Gasteiger partial charge in [0.2, 0.25) is 5.82 Å². The highest BCUT2D eigenvalue weighted by Crippen LogP contribution is 2.38. The number of halogens is 3. The summed E-state index contributed by atoms with van der Waals surface area (Å²) in [5.74, 6) is -1.68. The molecule has 1 fully saturated rings. The summed E-state index contributed by atoms with van der Waals surface area (Å²) in [6.45, 7) is 2.94. The first kappa shape index (κ1) is 21.4. The van der Waals surface area contributed by atoms with Gasteiger partial charge in [-0.05, 0) is 73.8 Å². The van der Waals surface area contributed by atoms with Gasteiger partial charge in [-0.3, -0.25) is 0 Å². The van der Waals surface area contributed by atoms with Gasteiger partial charge >= 0.3 is 0 Å². The fraction of sp³-hybridized carbons (Fsp3) is 0.417. The molecule has 156 valence electrons. The first-order valence-electron chi connectivity index (χ1n) is 10.1. The van der Waals surface area contributed by atoms with Crippen molar-refractivity contribution >= 4 is 6.08 Å². The highest BCUT2D eigenvalue weighted by molar-refractivity contribution is 5.52. The van der Waals surface area contributed by atoms with Crippen molar-refractivity contribution in [2.45, 2.75) is 45.1 Å². The molecule has 2 aromatic carbocycles. The Balaban J connectivity index is 1.60. The molecular formula is C24H27F3O2. The van der Waals surface area contributed by atoms with Crippen LogP contribution in [-0.2, 0) is 11.3 Å². The van der Waals surface area contributed by atoms with Crippen molar-refractivity contribution in [3.63, 3.8) is 0 Å². The average Bonchev–Trinajstić information content (AvgIpc) is 2.74. The van der Waals surface area contributed by atoms with Crippen LogP contribution in [0.15, 0.2) is 36.4 Å². The number of benzene rings is 2. The highest BCUT2D eigenvalue weighted by Gasteiger charge is 2.23. The van der Waals surface area contributed by atoms with Crippen molar-refractivity contribution in [1.29, 1.82) is 0 Å². The SMILES string of the molecule is CCOCc1ccc(C2CCC(/C=C/c3ccc(OC)c(F)c3F)CC2)c(F)c1. The Kier molecular flexibility index (Phi) is 7.37. The Morgan fingerprint density at radius 3 is 2.41 bits per heavy atom. The minimum Gasteiger partial charge on any atom is -0.494 e. The van der Waals surface area contributed by atoms with E-state index < -0.39 is 11.6 Å². The van der Waals surface area contributed by atoms with Gasteiger partial charge in [0.1, 0.15) is 5.82 Å². The molecule has 0 atom stereocenters. The fourth-order valence-corrected chi connectivity index (χ4v) is 3.91. The zero-order chi connectivity index (χ0) is 20.8. The maximum atomic E-state index is 14.5. The molecule has 0 saturated heterocycles. The molecule has 2 nitrogen and oxygen atoms in total. The third-order valence-corrected chi connectivity index (χ3v) is 5.59. The fourth-order valence-electron chi connectivity index (χ4n) is 3.91. The Morgan fingerprint density at radius 1 is 1.00 bits per heavy atom. The quantitative estimate of drug-likeness (QED) is 0.515. The first-order chi connectivity index (χ1) is 14.0. The molecule has 0 amide bonds. The lowest BCUT2D eigenvalue weighted by Gasteiger charge is -2.27. The maximum Gasteiger partial charge on any atom is 0.201 e. The molecular weight excluding hydrogens is 377 g/mol. The number of allylic oxidation sites excluding steroid dienone is 1. The van der Waals surface area contributed by atoms with Crippen LogP contribution in [0.2, 0.25) is 0 Å². The monoisotopic (exact) mass is 404 g/mol. The number of ether oxygens (including phenoxy) is 2. The molecule has 3 rings (SSSR count). The van der Waals surface area contributed by atoms with Crippen molar-refractivity contribution in [3.05, 3.63) is 70.5 Å². The number of rotatable bonds is 7. The standard InChI is InChI=1S/C24H27F3O2/c1-3-29-15-17-7-12-20(21(25)14-17)18-8-4-16(5-9-18)6-10-19-11-13-22(28-2)24(27)23(19)26/h6-7,10-14,16,18H,3-5,8-9,15H2,1-2H3/b10-6+. The molecule has 0 N–H and O–H groups in total. The van der Waals surface area contributed by atoms with Crippen LogP contribution in [0, 0.1) is 23.4 Å². The third kappa shape index (κ3) is 5.21. The summed E-state index contributed by atoms with van der Waals surface area (Å²) in [6, 6.07) is 8.31. The topological polar surface area (TPSA) is 18.5 Å². The van der Waals surface area contributed by atoms with Crippen LogP contribution in [-0.4, -0.2) is 13.7 Å². The third-order valence-electron chi connectivity index (χ3n) is 5.59. The van der Waals surface area contributed by atoms with Gasteiger partial charge < -0.3 is 9.47 Å². The lowest BCUT2D eigenvalue weighted by molar-refractivity contribution is 0.134. The van der Waals surface area contributed by atoms with Gasteiger partial charge in [-0.2, -0.15) is 4.39 Å². The second-order valence-corrected chi connectivity index (χ2v) is 7.45. The van der Waals surface area contributed by atoms with Crippen LogP contribution in [0.5, 0.6) is 5.75 Å². The predicted molar refractivity (Wildman–Crippen MR) is 108 cm³/mol. The molecule has 0 bridgehead atoms. The molecule has 1 aliphatic carbocycles. The first-order valence-corrected chi connectivity index (χ1v) is 10.1. The van der Waals surface area contributed by atoms with Crippen LogP contribution in [0.25, 0.3) is 6.08 Å². The number of hydrogen-bond donors (Lipinski definition) is 0. The van der Waals surface area contributed by atoms with Gasteiger partial charge in [0, 0.05) is 12.2 Å². The van der Waals surface area contributed by atoms with E-state index in [1.165, 1.54) is 19.2 Å². The maximum absolute atomic E-state index is 14.5. The van der Waals surface area contributed by atoms with Crippen molar-refractivity contribution in [2.75, 3.05) is 13.7 Å². The molecule has 0 radical (unpaired) electrons. The zero-order valence-corrected chi connectivity index (χ0v) is 16.9. The minimum atomic E-state index is -0.971. The highest BCUT2D eigenvalue weighted by atomic mass is 19.2. The summed E-state index contributed by atoms with van der Waals surface area (Å²) in [5.41, 5.74) is 1.82. The Labute approximate surface area is 170 Å². The minimum absolute atomic E-state index is 0.102. The summed E-state index contributed by atoms with van der Waals surface area (Å²) < 4.78 is 52.5. The Bertz CT molecular complexity index is 855. The smallest absolute Gasteiger partial charge is 0.201 e. The van der Waals surface area contributed by atoms with Gasteiger partial charge in [0.15, 0.2) is 11.6 Å². The van der Waals surface area contributed by atoms with E-state index >= 15 is 0 Å². The van der Waals surface area contributed by atoms with E-state index in [1.807, 2.05) is 25.1 Å². The normalized spacial score (nSPS) is 19.6. The molecule has 29 heavy (non-hydrogen) atoms. The lowest BCUT2D eigenvalue weighted by Crippen LogP contribution is -2.13. The molecule has 0 spiro atoms. The molecule has 0 heterocycles. The van der Waals surface area contributed by atoms with Crippen molar-refractivity contribution in [1.82, 2.24) is 0 Å². The van der Waals surface area contributed by atoms with E-state index in [2.05, 4.69) is 0 Å². The Hall–Kier alpha value is -2.27. The summed E-state index contributed by atoms with van der Waals surface area (Å²) in [4.78, 5) is 0. The van der Waals surface area contributed by atoms with Crippen molar-refractivity contribution in [2.24, 2.45) is 5.92 Å². The lowest BCUT2D eigenvalue weighted by atomic mass is 9.78. The van der Waals surface area contributed by atoms with Gasteiger partial charge in [-0.15, -0.1) is 0 Å². The number of hydrogen-bond acceptors (Lipinski definition) is 2. The molecule has 1 saturated carbocycles. The van der Waals surface area contributed by atoms with E-state index in [1.54, 1.807) is 12.1 Å². The molecule has 2 aromatic rings. The molecule has 0 unspecified atom stereocenters. The number of methoxy groups -OCH3 is 1. The summed E-state index contributed by atoms with van der Waals surface area (Å²) in [6.07, 6.45) is 7.09. The molecule has 1 aliphatic rings. The second kappa shape index (κ2) is 9.97. The van der Waals surface area contributed by atoms with E-state index in [9.17, 15) is 13.2 Å². The zero-order valence-electron chi connectivity index (χ0n) is 16.9. The summed E-state index contributed by atoms with van der Waals surface area (Å²) in [7, 11) is 1.31. The van der Waals surface area contributed by atoms with Crippen molar-refractivity contribution < 1.29 is 22.6 Å². The van der Waals surface area contributed by atoms with Crippen LogP contribution in [0.1, 0.15) is 55.2 Å². The van der Waals surface area contributed by atoms with E-state index in [0.29, 0.717) is 13.2 Å². The average molecular weight is 404 g/mol.